The van der Waals surface area contributed by atoms with Crippen LogP contribution in [0.15, 0.2) is 77.7 Å². The number of rotatable bonds is 6. The maximum Gasteiger partial charge on any atom is 0.341 e. The summed E-state index contributed by atoms with van der Waals surface area (Å²) in [5.74, 6) is -1.79. The molecule has 4 rings (SSSR count). The van der Waals surface area contributed by atoms with Crippen molar-refractivity contribution in [2.75, 3.05) is 9.62 Å². The number of nitrogens with zero attached hydrogens (tertiary/aromatic N) is 1. The van der Waals surface area contributed by atoms with Gasteiger partial charge >= 0.3 is 5.97 Å². The van der Waals surface area contributed by atoms with Gasteiger partial charge in [-0.05, 0) is 68.3 Å². The Bertz CT molecular complexity index is 1340. The normalized spacial score (nSPS) is 16.0. The summed E-state index contributed by atoms with van der Waals surface area (Å²) < 4.78 is 46.3. The van der Waals surface area contributed by atoms with Crippen LogP contribution in [0.4, 0.5) is 15.8 Å². The van der Waals surface area contributed by atoms with Crippen molar-refractivity contribution in [3.05, 3.63) is 89.7 Å². The first-order valence-electron chi connectivity index (χ1n) is 10.7. The van der Waals surface area contributed by atoms with E-state index >= 15 is 0 Å². The molecular formula is C25H23FN2O5S. The highest BCUT2D eigenvalue weighted by atomic mass is 32.2. The van der Waals surface area contributed by atoms with Crippen LogP contribution in [-0.2, 0) is 26.0 Å². The number of benzene rings is 3. The summed E-state index contributed by atoms with van der Waals surface area (Å²) in [6, 6.07) is 17.7. The summed E-state index contributed by atoms with van der Waals surface area (Å²) in [4.78, 5) is 27.5. The number of amides is 1. The summed E-state index contributed by atoms with van der Waals surface area (Å²) in [6.45, 7) is 3.41. The van der Waals surface area contributed by atoms with Crippen molar-refractivity contribution in [3.8, 4) is 0 Å². The lowest BCUT2D eigenvalue weighted by Crippen LogP contribution is -2.43. The van der Waals surface area contributed by atoms with E-state index in [1.807, 2.05) is 31.2 Å². The van der Waals surface area contributed by atoms with Gasteiger partial charge in [-0.1, -0.05) is 30.3 Å². The first-order valence-corrected chi connectivity index (χ1v) is 12.1. The van der Waals surface area contributed by atoms with Crippen molar-refractivity contribution in [1.82, 2.24) is 0 Å². The number of para-hydroxylation sites is 2. The fourth-order valence-electron chi connectivity index (χ4n) is 3.94. The molecule has 0 aromatic heterocycles. The molecule has 0 spiro atoms. The van der Waals surface area contributed by atoms with Gasteiger partial charge in [0.25, 0.3) is 15.9 Å². The van der Waals surface area contributed by atoms with Crippen molar-refractivity contribution in [2.24, 2.45) is 0 Å². The van der Waals surface area contributed by atoms with Gasteiger partial charge in [-0.2, -0.15) is 0 Å². The van der Waals surface area contributed by atoms with Gasteiger partial charge in [0.15, 0.2) is 6.10 Å². The lowest BCUT2D eigenvalue weighted by Gasteiger charge is -2.26. The zero-order valence-corrected chi connectivity index (χ0v) is 19.4. The molecule has 1 aliphatic heterocycles. The predicted molar refractivity (Wildman–Crippen MR) is 126 cm³/mol. The number of nitrogens with one attached hydrogen (secondary N) is 1. The topological polar surface area (TPSA) is 92.8 Å². The summed E-state index contributed by atoms with van der Waals surface area (Å²) in [5, 5.41) is 0. The Balaban J connectivity index is 1.52. The highest BCUT2D eigenvalue weighted by Crippen LogP contribution is 2.32. The molecule has 1 aliphatic rings. The largest absolute Gasteiger partial charge is 0.449 e. The number of sulfonamides is 1. The highest BCUT2D eigenvalue weighted by molar-refractivity contribution is 7.92. The standard InChI is InChI=1S/C25H23FN2O5S/c1-16-15-18-7-3-6-10-23(18)28(16)24(29)17(2)33-25(30)21-8-4-5-9-22(21)27-34(31,32)20-13-11-19(26)12-14-20/h3-14,16-17,27H,15H2,1-2H3. The summed E-state index contributed by atoms with van der Waals surface area (Å²) in [7, 11) is -4.08. The number of halogens is 1. The molecule has 1 heterocycles. The number of ether oxygens (including phenoxy) is 1. The van der Waals surface area contributed by atoms with Gasteiger partial charge in [0.1, 0.15) is 5.82 Å². The van der Waals surface area contributed by atoms with Crippen molar-refractivity contribution < 1.29 is 27.1 Å². The molecule has 2 unspecified atom stereocenters. The molecular weight excluding hydrogens is 459 g/mol. The Morgan fingerprint density at radius 2 is 1.68 bits per heavy atom. The van der Waals surface area contributed by atoms with Crippen molar-refractivity contribution in [1.29, 1.82) is 0 Å². The molecule has 2 atom stereocenters. The van der Waals surface area contributed by atoms with E-state index in [9.17, 15) is 22.4 Å². The van der Waals surface area contributed by atoms with Crippen LogP contribution >= 0.6 is 0 Å². The Morgan fingerprint density at radius 1 is 1.03 bits per heavy atom. The fourth-order valence-corrected chi connectivity index (χ4v) is 5.02. The number of carbonyl (C=O) groups excluding carboxylic acids is 2. The van der Waals surface area contributed by atoms with E-state index in [1.54, 1.807) is 17.0 Å². The van der Waals surface area contributed by atoms with Gasteiger partial charge in [0.2, 0.25) is 0 Å². The Morgan fingerprint density at radius 3 is 2.41 bits per heavy atom. The minimum absolute atomic E-state index is 0.0173. The first kappa shape index (κ1) is 23.4. The van der Waals surface area contributed by atoms with Gasteiger partial charge in [-0.3, -0.25) is 9.52 Å². The minimum Gasteiger partial charge on any atom is -0.449 e. The lowest BCUT2D eigenvalue weighted by atomic mass is 10.1. The predicted octanol–water partition coefficient (Wildman–Crippen LogP) is 4.15. The van der Waals surface area contributed by atoms with Crippen molar-refractivity contribution in [3.63, 3.8) is 0 Å². The van der Waals surface area contributed by atoms with Crippen molar-refractivity contribution in [2.45, 2.75) is 37.3 Å². The van der Waals surface area contributed by atoms with Gasteiger partial charge in [0, 0.05) is 11.7 Å². The molecule has 9 heteroatoms. The molecule has 3 aromatic rings. The monoisotopic (exact) mass is 482 g/mol. The van der Waals surface area contributed by atoms with E-state index in [4.69, 9.17) is 4.74 Å². The second-order valence-corrected chi connectivity index (χ2v) is 9.73. The molecule has 3 aromatic carbocycles. The molecule has 0 bridgehead atoms. The van der Waals surface area contributed by atoms with E-state index in [1.165, 1.54) is 19.1 Å². The van der Waals surface area contributed by atoms with E-state index < -0.39 is 27.9 Å². The molecule has 0 fully saturated rings. The molecule has 7 nitrogen and oxygen atoms in total. The van der Waals surface area contributed by atoms with Crippen LogP contribution in [-0.4, -0.2) is 32.4 Å². The van der Waals surface area contributed by atoms with E-state index in [2.05, 4.69) is 4.72 Å². The number of esters is 1. The second-order valence-electron chi connectivity index (χ2n) is 8.04. The van der Waals surface area contributed by atoms with Gasteiger partial charge in [-0.25, -0.2) is 17.6 Å². The van der Waals surface area contributed by atoms with Crippen LogP contribution in [0.25, 0.3) is 0 Å². The highest BCUT2D eigenvalue weighted by Gasteiger charge is 2.35. The maximum absolute atomic E-state index is 13.2. The molecule has 0 aliphatic carbocycles. The average molecular weight is 483 g/mol. The third-order valence-electron chi connectivity index (χ3n) is 5.59. The summed E-state index contributed by atoms with van der Waals surface area (Å²) in [5.41, 5.74) is 1.76. The van der Waals surface area contributed by atoms with Crippen LogP contribution in [0.2, 0.25) is 0 Å². The van der Waals surface area contributed by atoms with Crippen LogP contribution in [0, 0.1) is 5.82 Å². The number of fused-ring (bicyclic) bond motifs is 1. The van der Waals surface area contributed by atoms with E-state index in [0.717, 1.165) is 35.5 Å². The third kappa shape index (κ3) is 4.65. The van der Waals surface area contributed by atoms with Crippen LogP contribution in [0.1, 0.15) is 29.8 Å². The van der Waals surface area contributed by atoms with Crippen molar-refractivity contribution >= 4 is 33.3 Å². The second kappa shape index (κ2) is 9.26. The maximum atomic E-state index is 13.2. The lowest BCUT2D eigenvalue weighted by molar-refractivity contribution is -0.126. The zero-order chi connectivity index (χ0) is 24.5. The van der Waals surface area contributed by atoms with Crippen LogP contribution in [0.5, 0.6) is 0 Å². The van der Waals surface area contributed by atoms with E-state index in [0.29, 0.717) is 6.42 Å². The number of carbonyl (C=O) groups is 2. The Kier molecular flexibility index (Phi) is 6.39. The Hall–Kier alpha value is -3.72. The SMILES string of the molecule is CC(OC(=O)c1ccccc1NS(=O)(=O)c1ccc(F)cc1)C(=O)N1c2ccccc2CC1C. The molecule has 0 radical (unpaired) electrons. The first-order chi connectivity index (χ1) is 16.2. The van der Waals surface area contributed by atoms with E-state index in [-0.39, 0.29) is 28.1 Å². The van der Waals surface area contributed by atoms with Gasteiger partial charge in [0.05, 0.1) is 16.1 Å². The summed E-state index contributed by atoms with van der Waals surface area (Å²) >= 11 is 0. The Labute approximate surface area is 197 Å². The summed E-state index contributed by atoms with van der Waals surface area (Å²) in [6.07, 6.45) is -0.390. The average Bonchev–Trinajstić information content (AvgIpc) is 3.14. The number of anilines is 2. The molecule has 1 amide bonds. The quantitative estimate of drug-likeness (QED) is 0.533. The number of hydrogen-bond donors (Lipinski definition) is 1. The fraction of sp³-hybridized carbons (Fsp3) is 0.200. The smallest absolute Gasteiger partial charge is 0.341 e. The zero-order valence-electron chi connectivity index (χ0n) is 18.6. The molecule has 176 valence electrons. The molecule has 0 saturated heterocycles. The molecule has 0 saturated carbocycles. The third-order valence-corrected chi connectivity index (χ3v) is 6.97. The minimum atomic E-state index is -4.08. The van der Waals surface area contributed by atoms with Gasteiger partial charge in [-0.15, -0.1) is 0 Å². The number of hydrogen-bond acceptors (Lipinski definition) is 5. The molecule has 34 heavy (non-hydrogen) atoms. The van der Waals surface area contributed by atoms with Crippen LogP contribution in [0.3, 0.4) is 0 Å². The molecule has 1 N–H and O–H groups in total. The van der Waals surface area contributed by atoms with Crippen LogP contribution < -0.4 is 9.62 Å². The van der Waals surface area contributed by atoms with Gasteiger partial charge < -0.3 is 9.64 Å².